The van der Waals surface area contributed by atoms with Gasteiger partial charge in [0.25, 0.3) is 5.91 Å². The average Bonchev–Trinajstić information content (AvgIpc) is 3.19. The summed E-state index contributed by atoms with van der Waals surface area (Å²) >= 11 is 0. The van der Waals surface area contributed by atoms with E-state index in [1.165, 1.54) is 4.90 Å². The topological polar surface area (TPSA) is 109 Å². The predicted molar refractivity (Wildman–Crippen MR) is 135 cm³/mol. The van der Waals surface area contributed by atoms with Gasteiger partial charge in [-0.3, -0.25) is 9.69 Å². The molecule has 1 heterocycles. The van der Waals surface area contributed by atoms with Gasteiger partial charge < -0.3 is 14.8 Å². The molecule has 2 amide bonds. The number of nitrogens with one attached hydrogen (secondary N) is 1. The van der Waals surface area contributed by atoms with E-state index < -0.39 is 40.6 Å². The van der Waals surface area contributed by atoms with E-state index in [1.807, 2.05) is 57.2 Å². The lowest BCUT2D eigenvalue weighted by molar-refractivity contribution is -0.171. The Kier molecular flexibility index (Phi) is 7.44. The zero-order valence-corrected chi connectivity index (χ0v) is 21.6. The fourth-order valence-electron chi connectivity index (χ4n) is 4.01. The second-order valence-electron chi connectivity index (χ2n) is 11.0. The van der Waals surface area contributed by atoms with Crippen LogP contribution < -0.4 is 10.2 Å². The minimum absolute atomic E-state index is 0.0313. The average molecular weight is 492 g/mol. The number of nitrogens with zero attached hydrogens (tertiary/aromatic N) is 2. The lowest BCUT2D eigenvalue weighted by Crippen LogP contribution is -2.66. The van der Waals surface area contributed by atoms with E-state index in [0.717, 1.165) is 5.56 Å². The third-order valence-electron chi connectivity index (χ3n) is 6.09. The number of benzene rings is 2. The van der Waals surface area contributed by atoms with Gasteiger partial charge >= 0.3 is 12.1 Å². The van der Waals surface area contributed by atoms with Gasteiger partial charge in [-0.25, -0.2) is 9.59 Å². The van der Waals surface area contributed by atoms with Crippen LogP contribution in [0, 0.1) is 16.7 Å². The Morgan fingerprint density at radius 2 is 1.67 bits per heavy atom. The molecule has 3 rings (SSSR count). The van der Waals surface area contributed by atoms with Gasteiger partial charge in [-0.2, -0.15) is 5.26 Å². The number of ether oxygens (including phenoxy) is 2. The summed E-state index contributed by atoms with van der Waals surface area (Å²) in [6.45, 7) is 10.9. The third kappa shape index (κ3) is 5.85. The molecule has 0 aromatic heterocycles. The summed E-state index contributed by atoms with van der Waals surface area (Å²) in [5, 5.41) is 11.9. The standard InChI is InChI=1S/C28H33N3O5/c1-26(2,3)28(24(33)36-27(4,5)6,16-19-10-8-7-9-11-19)30-23(32)22-18-31(25(34)35-22)21-14-12-20(17-29)13-15-21/h7-15,22H,16,18H2,1-6H3,(H,30,32)/t22?,28-/m0/s1. The molecule has 0 radical (unpaired) electrons. The van der Waals surface area contributed by atoms with Crippen LogP contribution in [0.3, 0.4) is 0 Å². The molecule has 0 aliphatic carbocycles. The summed E-state index contributed by atoms with van der Waals surface area (Å²) in [5.41, 5.74) is -1.16. The van der Waals surface area contributed by atoms with Crippen molar-refractivity contribution >= 4 is 23.7 Å². The largest absolute Gasteiger partial charge is 0.458 e. The van der Waals surface area contributed by atoms with Crippen molar-refractivity contribution < 1.29 is 23.9 Å². The van der Waals surface area contributed by atoms with Gasteiger partial charge in [-0.15, -0.1) is 0 Å². The highest BCUT2D eigenvalue weighted by molar-refractivity contribution is 5.97. The van der Waals surface area contributed by atoms with Crippen LogP contribution in [0.2, 0.25) is 0 Å². The maximum absolute atomic E-state index is 13.7. The molecule has 0 spiro atoms. The number of cyclic esters (lactones) is 1. The van der Waals surface area contributed by atoms with Crippen LogP contribution in [0.5, 0.6) is 0 Å². The summed E-state index contributed by atoms with van der Waals surface area (Å²) in [4.78, 5) is 41.2. The summed E-state index contributed by atoms with van der Waals surface area (Å²) in [7, 11) is 0. The predicted octanol–water partition coefficient (Wildman–Crippen LogP) is 4.37. The van der Waals surface area contributed by atoms with Gasteiger partial charge in [0.15, 0.2) is 6.10 Å². The quantitative estimate of drug-likeness (QED) is 0.601. The van der Waals surface area contributed by atoms with Crippen molar-refractivity contribution in [3.63, 3.8) is 0 Å². The molecule has 2 aromatic carbocycles. The Bertz CT molecular complexity index is 1160. The summed E-state index contributed by atoms with van der Waals surface area (Å²) in [5.74, 6) is -1.15. The maximum atomic E-state index is 13.7. The van der Waals surface area contributed by atoms with Gasteiger partial charge in [0.1, 0.15) is 11.1 Å². The maximum Gasteiger partial charge on any atom is 0.415 e. The van der Waals surface area contributed by atoms with Gasteiger partial charge in [0.2, 0.25) is 0 Å². The van der Waals surface area contributed by atoms with Gasteiger partial charge in [0.05, 0.1) is 18.2 Å². The Morgan fingerprint density at radius 1 is 1.06 bits per heavy atom. The van der Waals surface area contributed by atoms with Crippen molar-refractivity contribution in [1.29, 1.82) is 5.26 Å². The molecule has 36 heavy (non-hydrogen) atoms. The van der Waals surface area contributed by atoms with E-state index in [0.29, 0.717) is 11.3 Å². The van der Waals surface area contributed by atoms with Crippen molar-refractivity contribution in [1.82, 2.24) is 5.32 Å². The van der Waals surface area contributed by atoms with Crippen molar-refractivity contribution in [2.45, 2.75) is 65.2 Å². The zero-order valence-electron chi connectivity index (χ0n) is 21.6. The lowest BCUT2D eigenvalue weighted by atomic mass is 9.69. The Balaban J connectivity index is 1.92. The van der Waals surface area contributed by atoms with E-state index in [9.17, 15) is 14.4 Å². The van der Waals surface area contributed by atoms with Crippen molar-refractivity contribution in [2.75, 3.05) is 11.4 Å². The second kappa shape index (κ2) is 10.0. The number of carbonyl (C=O) groups excluding carboxylic acids is 3. The summed E-state index contributed by atoms with van der Waals surface area (Å²) in [6.07, 6.45) is -1.62. The highest BCUT2D eigenvalue weighted by Crippen LogP contribution is 2.37. The Morgan fingerprint density at radius 3 is 2.19 bits per heavy atom. The number of carbonyl (C=O) groups is 3. The molecule has 1 saturated heterocycles. The molecule has 2 aromatic rings. The highest BCUT2D eigenvalue weighted by atomic mass is 16.6. The zero-order chi connectivity index (χ0) is 26.7. The van der Waals surface area contributed by atoms with E-state index in [-0.39, 0.29) is 13.0 Å². The minimum atomic E-state index is -1.44. The normalized spacial score (nSPS) is 17.5. The third-order valence-corrected chi connectivity index (χ3v) is 6.09. The molecule has 1 fully saturated rings. The first-order valence-corrected chi connectivity index (χ1v) is 11.8. The smallest absolute Gasteiger partial charge is 0.415 e. The van der Waals surface area contributed by atoms with E-state index in [1.54, 1.807) is 45.0 Å². The number of nitriles is 1. The van der Waals surface area contributed by atoms with Gasteiger partial charge in [-0.05, 0) is 56.0 Å². The number of amides is 2. The molecule has 190 valence electrons. The molecule has 1 N–H and O–H groups in total. The van der Waals surface area contributed by atoms with Crippen molar-refractivity contribution in [3.05, 3.63) is 65.7 Å². The van der Waals surface area contributed by atoms with Crippen LogP contribution in [0.15, 0.2) is 54.6 Å². The van der Waals surface area contributed by atoms with E-state index in [4.69, 9.17) is 14.7 Å². The molecule has 8 nitrogen and oxygen atoms in total. The van der Waals surface area contributed by atoms with E-state index >= 15 is 0 Å². The fourth-order valence-corrected chi connectivity index (χ4v) is 4.01. The SMILES string of the molecule is CC(C)(C)OC(=O)[C@](Cc1ccccc1)(NC(=O)C1CN(c2ccc(C#N)cc2)C(=O)O1)C(C)(C)C. The highest BCUT2D eigenvalue weighted by Gasteiger charge is 2.53. The second-order valence-corrected chi connectivity index (χ2v) is 11.0. The van der Waals surface area contributed by atoms with Crippen LogP contribution in [-0.2, 0) is 25.5 Å². The van der Waals surface area contributed by atoms with Crippen LogP contribution in [-0.4, -0.2) is 41.8 Å². The molecule has 2 atom stereocenters. The summed E-state index contributed by atoms with van der Waals surface area (Å²) in [6, 6.07) is 17.8. The first-order chi connectivity index (χ1) is 16.8. The Labute approximate surface area is 212 Å². The van der Waals surface area contributed by atoms with Gasteiger partial charge in [0, 0.05) is 12.1 Å². The number of esters is 1. The van der Waals surface area contributed by atoms with Gasteiger partial charge in [-0.1, -0.05) is 51.1 Å². The van der Waals surface area contributed by atoms with Crippen LogP contribution in [0.4, 0.5) is 10.5 Å². The molecule has 0 bridgehead atoms. The van der Waals surface area contributed by atoms with Crippen LogP contribution >= 0.6 is 0 Å². The summed E-state index contributed by atoms with van der Waals surface area (Å²) < 4.78 is 11.2. The molecule has 1 aliphatic heterocycles. The molecule has 1 aliphatic rings. The van der Waals surface area contributed by atoms with Crippen LogP contribution in [0.1, 0.15) is 52.7 Å². The van der Waals surface area contributed by atoms with Crippen molar-refractivity contribution in [3.8, 4) is 6.07 Å². The Hall–Kier alpha value is -3.86. The number of rotatable bonds is 6. The molecule has 8 heteroatoms. The van der Waals surface area contributed by atoms with Crippen molar-refractivity contribution in [2.24, 2.45) is 5.41 Å². The fraction of sp³-hybridized carbons (Fsp3) is 0.429. The van der Waals surface area contributed by atoms with E-state index in [2.05, 4.69) is 5.32 Å². The monoisotopic (exact) mass is 491 g/mol. The molecular formula is C28H33N3O5. The first kappa shape index (κ1) is 26.7. The number of anilines is 1. The first-order valence-electron chi connectivity index (χ1n) is 11.8. The molecule has 1 unspecified atom stereocenters. The minimum Gasteiger partial charge on any atom is -0.458 e. The lowest BCUT2D eigenvalue weighted by Gasteiger charge is -2.44. The number of hydrogen-bond acceptors (Lipinski definition) is 6. The van der Waals surface area contributed by atoms with Crippen LogP contribution in [0.25, 0.3) is 0 Å². The molecular weight excluding hydrogens is 458 g/mol. The molecule has 0 saturated carbocycles. The number of hydrogen-bond donors (Lipinski definition) is 1.